The molecule has 0 spiro atoms. The molecule has 0 aliphatic carbocycles. The Bertz CT molecular complexity index is 565. The normalized spacial score (nSPS) is 15.6. The van der Waals surface area contributed by atoms with Crippen LogP contribution in [0.2, 0.25) is 5.02 Å². The Kier molecular flexibility index (Phi) is 4.52. The Morgan fingerprint density at radius 3 is 2.52 bits per heavy atom. The lowest BCUT2D eigenvalue weighted by atomic mass is 10.3. The minimum atomic E-state index is 0.619. The zero-order valence-corrected chi connectivity index (χ0v) is 12.4. The zero-order chi connectivity index (χ0) is 14.5. The molecule has 0 radical (unpaired) electrons. The van der Waals surface area contributed by atoms with Gasteiger partial charge in [0.25, 0.3) is 0 Å². The van der Waals surface area contributed by atoms with Crippen molar-refractivity contribution < 1.29 is 4.74 Å². The van der Waals surface area contributed by atoms with E-state index in [9.17, 15) is 0 Å². The molecule has 0 atom stereocenters. The van der Waals surface area contributed by atoms with Crippen LogP contribution in [0.3, 0.4) is 0 Å². The van der Waals surface area contributed by atoms with Crippen molar-refractivity contribution in [2.45, 2.75) is 6.42 Å². The number of anilines is 1. The van der Waals surface area contributed by atoms with E-state index in [2.05, 4.69) is 20.2 Å². The van der Waals surface area contributed by atoms with Gasteiger partial charge < -0.3 is 15.0 Å². The van der Waals surface area contributed by atoms with E-state index >= 15 is 0 Å². The SMILES string of the molecule is Clc1ccc(Oc2cnc(N3CCCNCC3)nc2)cc1. The molecule has 1 aliphatic heterocycles. The lowest BCUT2D eigenvalue weighted by molar-refractivity contribution is 0.477. The first-order valence-electron chi connectivity index (χ1n) is 7.02. The topological polar surface area (TPSA) is 50.3 Å². The van der Waals surface area contributed by atoms with E-state index in [0.717, 1.165) is 44.3 Å². The van der Waals surface area contributed by atoms with E-state index in [4.69, 9.17) is 16.3 Å². The molecule has 1 aromatic heterocycles. The molecule has 0 saturated carbocycles. The Morgan fingerprint density at radius 2 is 1.76 bits per heavy atom. The lowest BCUT2D eigenvalue weighted by Gasteiger charge is -2.19. The summed E-state index contributed by atoms with van der Waals surface area (Å²) in [6, 6.07) is 7.21. The zero-order valence-electron chi connectivity index (χ0n) is 11.6. The Hall–Kier alpha value is -1.85. The van der Waals surface area contributed by atoms with Crippen LogP contribution >= 0.6 is 11.6 Å². The van der Waals surface area contributed by atoms with E-state index in [1.165, 1.54) is 0 Å². The van der Waals surface area contributed by atoms with Crippen LogP contribution in [-0.2, 0) is 0 Å². The maximum atomic E-state index is 5.84. The first-order valence-corrected chi connectivity index (χ1v) is 7.40. The molecule has 1 aromatic carbocycles. The molecule has 0 amide bonds. The number of benzene rings is 1. The van der Waals surface area contributed by atoms with Gasteiger partial charge in [-0.15, -0.1) is 0 Å². The van der Waals surface area contributed by atoms with E-state index < -0.39 is 0 Å². The average Bonchev–Trinajstić information content (AvgIpc) is 2.80. The summed E-state index contributed by atoms with van der Waals surface area (Å²) in [5.74, 6) is 2.09. The van der Waals surface area contributed by atoms with E-state index in [0.29, 0.717) is 10.8 Å². The maximum absolute atomic E-state index is 5.84. The van der Waals surface area contributed by atoms with Crippen molar-refractivity contribution in [2.24, 2.45) is 0 Å². The lowest BCUT2D eigenvalue weighted by Crippen LogP contribution is -2.29. The minimum absolute atomic E-state index is 0.619. The summed E-state index contributed by atoms with van der Waals surface area (Å²) in [6.45, 7) is 3.92. The summed E-state index contributed by atoms with van der Waals surface area (Å²) in [5.41, 5.74) is 0. The monoisotopic (exact) mass is 304 g/mol. The van der Waals surface area contributed by atoms with Crippen LogP contribution in [0.4, 0.5) is 5.95 Å². The summed E-state index contributed by atoms with van der Waals surface area (Å²) in [7, 11) is 0. The molecule has 110 valence electrons. The molecule has 1 saturated heterocycles. The Labute approximate surface area is 128 Å². The van der Waals surface area contributed by atoms with Gasteiger partial charge in [0, 0.05) is 24.7 Å². The first kappa shape index (κ1) is 14.1. The van der Waals surface area contributed by atoms with Gasteiger partial charge in [0.15, 0.2) is 5.75 Å². The van der Waals surface area contributed by atoms with Gasteiger partial charge in [-0.2, -0.15) is 0 Å². The third-order valence-corrected chi connectivity index (χ3v) is 3.54. The molecule has 2 heterocycles. The van der Waals surface area contributed by atoms with Crippen LogP contribution < -0.4 is 15.0 Å². The Morgan fingerprint density at radius 1 is 1.00 bits per heavy atom. The largest absolute Gasteiger partial charge is 0.454 e. The van der Waals surface area contributed by atoms with Gasteiger partial charge in [0.1, 0.15) is 5.75 Å². The van der Waals surface area contributed by atoms with Crippen molar-refractivity contribution in [2.75, 3.05) is 31.1 Å². The molecule has 1 N–H and O–H groups in total. The van der Waals surface area contributed by atoms with Crippen molar-refractivity contribution in [1.82, 2.24) is 15.3 Å². The van der Waals surface area contributed by atoms with Crippen molar-refractivity contribution in [3.63, 3.8) is 0 Å². The first-order chi connectivity index (χ1) is 10.3. The fourth-order valence-corrected chi connectivity index (χ4v) is 2.34. The van der Waals surface area contributed by atoms with Crippen molar-refractivity contribution in [3.8, 4) is 11.5 Å². The number of hydrogen-bond donors (Lipinski definition) is 1. The van der Waals surface area contributed by atoms with Gasteiger partial charge in [-0.1, -0.05) is 11.6 Å². The fraction of sp³-hybridized carbons (Fsp3) is 0.333. The number of nitrogens with one attached hydrogen (secondary N) is 1. The predicted molar refractivity (Wildman–Crippen MR) is 83.3 cm³/mol. The second kappa shape index (κ2) is 6.74. The van der Waals surface area contributed by atoms with Crippen molar-refractivity contribution in [3.05, 3.63) is 41.7 Å². The summed E-state index contributed by atoms with van der Waals surface area (Å²) < 4.78 is 5.69. The van der Waals surface area contributed by atoms with Crippen molar-refractivity contribution >= 4 is 17.5 Å². The average molecular weight is 305 g/mol. The van der Waals surface area contributed by atoms with Gasteiger partial charge in [0.2, 0.25) is 5.95 Å². The van der Waals surface area contributed by atoms with Gasteiger partial charge in [-0.05, 0) is 37.2 Å². The highest BCUT2D eigenvalue weighted by Crippen LogP contribution is 2.22. The van der Waals surface area contributed by atoms with E-state index in [1.807, 2.05) is 12.1 Å². The summed E-state index contributed by atoms with van der Waals surface area (Å²) in [5, 5.41) is 4.05. The van der Waals surface area contributed by atoms with Crippen LogP contribution in [0, 0.1) is 0 Å². The highest BCUT2D eigenvalue weighted by Gasteiger charge is 2.12. The van der Waals surface area contributed by atoms with Crippen LogP contribution in [0.15, 0.2) is 36.7 Å². The molecule has 21 heavy (non-hydrogen) atoms. The number of halogens is 1. The third kappa shape index (κ3) is 3.83. The van der Waals surface area contributed by atoms with E-state index in [-0.39, 0.29) is 0 Å². The van der Waals surface area contributed by atoms with Crippen LogP contribution in [0.5, 0.6) is 11.5 Å². The van der Waals surface area contributed by atoms with Gasteiger partial charge >= 0.3 is 0 Å². The number of hydrogen-bond acceptors (Lipinski definition) is 5. The number of ether oxygens (including phenoxy) is 1. The molecule has 6 heteroatoms. The number of nitrogens with zero attached hydrogens (tertiary/aromatic N) is 3. The summed E-state index contributed by atoms with van der Waals surface area (Å²) >= 11 is 5.84. The maximum Gasteiger partial charge on any atom is 0.225 e. The van der Waals surface area contributed by atoms with Crippen LogP contribution in [0.25, 0.3) is 0 Å². The van der Waals surface area contributed by atoms with E-state index in [1.54, 1.807) is 24.5 Å². The second-order valence-electron chi connectivity index (χ2n) is 4.87. The number of aromatic nitrogens is 2. The predicted octanol–water partition coefficient (Wildman–Crippen LogP) is 2.72. The highest BCUT2D eigenvalue weighted by atomic mass is 35.5. The summed E-state index contributed by atoms with van der Waals surface area (Å²) in [4.78, 5) is 11.0. The molecule has 1 fully saturated rings. The smallest absolute Gasteiger partial charge is 0.225 e. The van der Waals surface area contributed by atoms with Crippen molar-refractivity contribution in [1.29, 1.82) is 0 Å². The van der Waals surface area contributed by atoms with Crippen LogP contribution in [0.1, 0.15) is 6.42 Å². The quantitative estimate of drug-likeness (QED) is 0.945. The molecular formula is C15H17ClN4O. The minimum Gasteiger partial charge on any atom is -0.454 e. The van der Waals surface area contributed by atoms with Gasteiger partial charge in [-0.25, -0.2) is 9.97 Å². The molecule has 2 aromatic rings. The summed E-state index contributed by atoms with van der Waals surface area (Å²) in [6.07, 6.45) is 4.51. The highest BCUT2D eigenvalue weighted by molar-refractivity contribution is 6.30. The van der Waals surface area contributed by atoms with Gasteiger partial charge in [-0.3, -0.25) is 0 Å². The Balaban J connectivity index is 1.67. The molecule has 5 nitrogen and oxygen atoms in total. The molecular weight excluding hydrogens is 288 g/mol. The molecule has 0 bridgehead atoms. The van der Waals surface area contributed by atoms with Gasteiger partial charge in [0.05, 0.1) is 12.4 Å². The molecule has 1 aliphatic rings. The third-order valence-electron chi connectivity index (χ3n) is 3.29. The fourth-order valence-electron chi connectivity index (χ4n) is 2.21. The second-order valence-corrected chi connectivity index (χ2v) is 5.30. The van der Waals surface area contributed by atoms with Crippen LogP contribution in [-0.4, -0.2) is 36.1 Å². The standard InChI is InChI=1S/C15H17ClN4O/c16-12-2-4-13(5-3-12)21-14-10-18-15(19-11-14)20-8-1-6-17-7-9-20/h2-5,10-11,17H,1,6-9H2. The number of rotatable bonds is 3. The molecule has 3 rings (SSSR count). The molecule has 0 unspecified atom stereocenters.